The quantitative estimate of drug-likeness (QED) is 0.786. The van der Waals surface area contributed by atoms with Crippen molar-refractivity contribution in [3.8, 4) is 0 Å². The Balaban J connectivity index is 2.83. The van der Waals surface area contributed by atoms with Gasteiger partial charge in [0.15, 0.2) is 9.84 Å². The van der Waals surface area contributed by atoms with Crippen LogP contribution in [-0.2, 0) is 9.84 Å². The van der Waals surface area contributed by atoms with Crippen LogP contribution in [0.25, 0.3) is 0 Å². The standard InChI is InChI=1S/C12H19F3O2S/c1-2-18(16,17)11(12(13,14)15)9-8-10-6-4-3-5-7-10/h9-10H,2-8H2,1H3/b11-9-. The van der Waals surface area contributed by atoms with Gasteiger partial charge in [0.1, 0.15) is 4.91 Å². The Morgan fingerprint density at radius 2 is 1.78 bits per heavy atom. The maximum absolute atomic E-state index is 12.7. The van der Waals surface area contributed by atoms with Gasteiger partial charge in [0.05, 0.1) is 5.75 Å². The first-order valence-corrected chi connectivity index (χ1v) is 7.92. The van der Waals surface area contributed by atoms with E-state index in [1.165, 1.54) is 6.92 Å². The molecule has 0 bridgehead atoms. The maximum atomic E-state index is 12.7. The van der Waals surface area contributed by atoms with E-state index in [9.17, 15) is 21.6 Å². The molecule has 2 nitrogen and oxygen atoms in total. The molecule has 0 heterocycles. The first-order valence-electron chi connectivity index (χ1n) is 6.27. The van der Waals surface area contributed by atoms with Crippen molar-refractivity contribution >= 4 is 9.84 Å². The zero-order valence-corrected chi connectivity index (χ0v) is 11.3. The third kappa shape index (κ3) is 4.30. The summed E-state index contributed by atoms with van der Waals surface area (Å²) in [6, 6.07) is 0. The molecular formula is C12H19F3O2S. The Bertz CT molecular complexity index is 390. The predicted molar refractivity (Wildman–Crippen MR) is 64.8 cm³/mol. The number of rotatable bonds is 4. The van der Waals surface area contributed by atoms with E-state index in [2.05, 4.69) is 0 Å². The molecule has 0 N–H and O–H groups in total. The zero-order chi connectivity index (χ0) is 13.8. The Hall–Kier alpha value is -0.520. The van der Waals surface area contributed by atoms with Gasteiger partial charge >= 0.3 is 6.18 Å². The van der Waals surface area contributed by atoms with E-state index in [0.29, 0.717) is 0 Å². The molecule has 18 heavy (non-hydrogen) atoms. The highest BCUT2D eigenvalue weighted by Crippen LogP contribution is 2.33. The summed E-state index contributed by atoms with van der Waals surface area (Å²) in [5.41, 5.74) is 0. The van der Waals surface area contributed by atoms with Crippen LogP contribution in [0.15, 0.2) is 11.0 Å². The Labute approximate surface area is 106 Å². The van der Waals surface area contributed by atoms with Crippen LogP contribution >= 0.6 is 0 Å². The zero-order valence-electron chi connectivity index (χ0n) is 10.5. The topological polar surface area (TPSA) is 34.1 Å². The molecule has 0 spiro atoms. The summed E-state index contributed by atoms with van der Waals surface area (Å²) < 4.78 is 61.0. The van der Waals surface area contributed by atoms with Gasteiger partial charge in [-0.25, -0.2) is 8.42 Å². The monoisotopic (exact) mass is 284 g/mol. The number of halogens is 3. The first kappa shape index (κ1) is 15.5. The number of hydrogen-bond donors (Lipinski definition) is 0. The molecule has 1 saturated carbocycles. The van der Waals surface area contributed by atoms with Crippen molar-refractivity contribution in [2.24, 2.45) is 5.92 Å². The summed E-state index contributed by atoms with van der Waals surface area (Å²) in [5, 5.41) is 0. The van der Waals surface area contributed by atoms with Crippen molar-refractivity contribution in [2.75, 3.05) is 5.75 Å². The van der Waals surface area contributed by atoms with Crippen LogP contribution in [0, 0.1) is 5.92 Å². The normalized spacial score (nSPS) is 20.1. The number of hydrogen-bond acceptors (Lipinski definition) is 2. The van der Waals surface area contributed by atoms with Gasteiger partial charge < -0.3 is 0 Å². The van der Waals surface area contributed by atoms with Crippen molar-refractivity contribution in [1.29, 1.82) is 0 Å². The third-order valence-corrected chi connectivity index (χ3v) is 5.18. The average molecular weight is 284 g/mol. The predicted octanol–water partition coefficient (Wildman–Crippen LogP) is 3.84. The lowest BCUT2D eigenvalue weighted by molar-refractivity contribution is -0.0847. The highest BCUT2D eigenvalue weighted by Gasteiger charge is 2.41. The smallest absolute Gasteiger partial charge is 0.224 e. The van der Waals surface area contributed by atoms with Crippen LogP contribution in [0.1, 0.15) is 45.4 Å². The highest BCUT2D eigenvalue weighted by molar-refractivity contribution is 7.95. The molecule has 106 valence electrons. The minimum absolute atomic E-state index is 0.197. The summed E-state index contributed by atoms with van der Waals surface area (Å²) in [5.74, 6) is -0.314. The molecule has 1 rings (SSSR count). The number of allylic oxidation sites excluding steroid dienone is 2. The van der Waals surface area contributed by atoms with Gasteiger partial charge in [-0.1, -0.05) is 45.1 Å². The second-order valence-corrected chi connectivity index (χ2v) is 6.96. The summed E-state index contributed by atoms with van der Waals surface area (Å²) in [7, 11) is -4.18. The fourth-order valence-electron chi connectivity index (χ4n) is 2.27. The fourth-order valence-corrected chi connectivity index (χ4v) is 3.28. The third-order valence-electron chi connectivity index (χ3n) is 3.36. The van der Waals surface area contributed by atoms with E-state index >= 15 is 0 Å². The van der Waals surface area contributed by atoms with Crippen LogP contribution in [0.2, 0.25) is 0 Å². The first-order chi connectivity index (χ1) is 8.27. The van der Waals surface area contributed by atoms with Crippen LogP contribution in [-0.4, -0.2) is 20.3 Å². The van der Waals surface area contributed by atoms with Crippen molar-refractivity contribution in [2.45, 2.75) is 51.6 Å². The lowest BCUT2D eigenvalue weighted by atomic mass is 9.87. The Kier molecular flexibility index (Phi) is 5.25. The Morgan fingerprint density at radius 1 is 1.22 bits per heavy atom. The van der Waals surface area contributed by atoms with Crippen LogP contribution < -0.4 is 0 Å². The van der Waals surface area contributed by atoms with Crippen LogP contribution in [0.4, 0.5) is 13.2 Å². The van der Waals surface area contributed by atoms with Crippen molar-refractivity contribution in [3.05, 3.63) is 11.0 Å². The van der Waals surface area contributed by atoms with E-state index in [0.717, 1.165) is 38.2 Å². The lowest BCUT2D eigenvalue weighted by Crippen LogP contribution is -2.22. The average Bonchev–Trinajstić information content (AvgIpc) is 2.28. The summed E-state index contributed by atoms with van der Waals surface area (Å²) in [6.45, 7) is 1.23. The summed E-state index contributed by atoms with van der Waals surface area (Å²) in [6.07, 6.45) is 1.30. The van der Waals surface area contributed by atoms with Gasteiger partial charge in [-0.05, 0) is 12.3 Å². The molecule has 0 saturated heterocycles. The van der Waals surface area contributed by atoms with E-state index < -0.39 is 26.7 Å². The molecule has 6 heteroatoms. The Morgan fingerprint density at radius 3 is 2.22 bits per heavy atom. The van der Waals surface area contributed by atoms with Gasteiger partial charge in [0, 0.05) is 0 Å². The molecule has 1 aliphatic carbocycles. The minimum Gasteiger partial charge on any atom is -0.224 e. The minimum atomic E-state index is -4.77. The van der Waals surface area contributed by atoms with Gasteiger partial charge in [0.25, 0.3) is 0 Å². The van der Waals surface area contributed by atoms with E-state index in [4.69, 9.17) is 0 Å². The van der Waals surface area contributed by atoms with Crippen molar-refractivity contribution in [3.63, 3.8) is 0 Å². The fraction of sp³-hybridized carbons (Fsp3) is 0.833. The molecule has 0 aromatic heterocycles. The van der Waals surface area contributed by atoms with Crippen LogP contribution in [0.3, 0.4) is 0 Å². The molecule has 0 aliphatic heterocycles. The molecule has 1 fully saturated rings. The van der Waals surface area contributed by atoms with Gasteiger partial charge in [-0.15, -0.1) is 0 Å². The van der Waals surface area contributed by atoms with Crippen molar-refractivity contribution < 1.29 is 21.6 Å². The SMILES string of the molecule is CCS(=O)(=O)/C(=C\CC1CCCCC1)C(F)(F)F. The van der Waals surface area contributed by atoms with Gasteiger partial charge in [-0.3, -0.25) is 0 Å². The maximum Gasteiger partial charge on any atom is 0.426 e. The van der Waals surface area contributed by atoms with E-state index in [1.807, 2.05) is 0 Å². The number of sulfone groups is 1. The lowest BCUT2D eigenvalue weighted by Gasteiger charge is -2.20. The highest BCUT2D eigenvalue weighted by atomic mass is 32.2. The largest absolute Gasteiger partial charge is 0.426 e. The van der Waals surface area contributed by atoms with E-state index in [1.54, 1.807) is 0 Å². The molecule has 0 aromatic carbocycles. The molecule has 0 aromatic rings. The molecule has 0 amide bonds. The van der Waals surface area contributed by atoms with Crippen LogP contribution in [0.5, 0.6) is 0 Å². The van der Waals surface area contributed by atoms with E-state index in [-0.39, 0.29) is 12.3 Å². The number of alkyl halides is 3. The molecule has 0 unspecified atom stereocenters. The molecule has 0 radical (unpaired) electrons. The second-order valence-electron chi connectivity index (χ2n) is 4.71. The van der Waals surface area contributed by atoms with Crippen molar-refractivity contribution in [1.82, 2.24) is 0 Å². The molecular weight excluding hydrogens is 265 g/mol. The second kappa shape index (κ2) is 6.08. The summed E-state index contributed by atoms with van der Waals surface area (Å²) >= 11 is 0. The molecule has 1 aliphatic rings. The van der Waals surface area contributed by atoms with Gasteiger partial charge in [0.2, 0.25) is 0 Å². The summed E-state index contributed by atoms with van der Waals surface area (Å²) in [4.78, 5) is -1.36. The van der Waals surface area contributed by atoms with Gasteiger partial charge in [-0.2, -0.15) is 13.2 Å². The molecule has 0 atom stereocenters.